The van der Waals surface area contributed by atoms with Gasteiger partial charge in [-0.25, -0.2) is 13.5 Å². The van der Waals surface area contributed by atoms with E-state index in [4.69, 9.17) is 0 Å². The highest BCUT2D eigenvalue weighted by Gasteiger charge is 2.34. The van der Waals surface area contributed by atoms with Gasteiger partial charge in [0, 0.05) is 0 Å². The number of hydrogen-bond acceptors (Lipinski definition) is 4. The zero-order chi connectivity index (χ0) is 16.4. The second-order valence-electron chi connectivity index (χ2n) is 5.31. The molecule has 0 saturated carbocycles. The average molecular weight is 332 g/mol. The molecule has 0 bridgehead atoms. The average Bonchev–Trinajstić information content (AvgIpc) is 2.87. The molecular formula is C16H16N2O4S. The minimum absolute atomic E-state index is 0.0846. The molecule has 2 aromatic carbocycles. The molecule has 2 N–H and O–H groups in total. The van der Waals surface area contributed by atoms with E-state index in [0.29, 0.717) is 5.06 Å². The summed E-state index contributed by atoms with van der Waals surface area (Å²) < 4.78 is 27.0. The van der Waals surface area contributed by atoms with Gasteiger partial charge >= 0.3 is 0 Å². The van der Waals surface area contributed by atoms with Crippen molar-refractivity contribution < 1.29 is 18.4 Å². The predicted molar refractivity (Wildman–Crippen MR) is 84.1 cm³/mol. The Kier molecular flexibility index (Phi) is 4.16. The molecule has 3 rings (SSSR count). The van der Waals surface area contributed by atoms with Crippen molar-refractivity contribution in [3.63, 3.8) is 0 Å². The van der Waals surface area contributed by atoms with E-state index in [0.717, 1.165) is 11.1 Å². The Hall–Kier alpha value is -2.22. The second kappa shape index (κ2) is 6.11. The highest BCUT2D eigenvalue weighted by molar-refractivity contribution is 7.89. The fourth-order valence-corrected chi connectivity index (χ4v) is 3.71. The molecule has 0 aliphatic carbocycles. The van der Waals surface area contributed by atoms with E-state index < -0.39 is 22.0 Å². The molecule has 1 saturated heterocycles. The number of hydrogen-bond donors (Lipinski definition) is 2. The fourth-order valence-electron chi connectivity index (χ4n) is 2.49. The number of carbonyl (C=O) groups excluding carboxylic acids is 1. The quantitative estimate of drug-likeness (QED) is 0.833. The van der Waals surface area contributed by atoms with Crippen molar-refractivity contribution in [1.82, 2.24) is 9.79 Å². The topological polar surface area (TPSA) is 86.7 Å². The summed E-state index contributed by atoms with van der Waals surface area (Å²) in [5, 5.41) is 9.78. The van der Waals surface area contributed by atoms with Gasteiger partial charge in [-0.1, -0.05) is 42.5 Å². The highest BCUT2D eigenvalue weighted by Crippen LogP contribution is 2.21. The van der Waals surface area contributed by atoms with Crippen LogP contribution in [0.2, 0.25) is 0 Å². The summed E-state index contributed by atoms with van der Waals surface area (Å²) in [7, 11) is -3.81. The number of nitrogens with one attached hydrogen (secondary N) is 1. The summed E-state index contributed by atoms with van der Waals surface area (Å²) in [5.41, 5.74) is 1.90. The largest absolute Gasteiger partial charge is 0.286 e. The summed E-state index contributed by atoms with van der Waals surface area (Å²) in [5.74, 6) is -0.630. The molecule has 0 aromatic heterocycles. The molecule has 1 atom stereocenters. The van der Waals surface area contributed by atoms with Crippen LogP contribution in [0.25, 0.3) is 11.1 Å². The first-order chi connectivity index (χ1) is 11.0. The summed E-state index contributed by atoms with van der Waals surface area (Å²) in [6.07, 6.45) is 0.247. The molecule has 0 spiro atoms. The van der Waals surface area contributed by atoms with Crippen LogP contribution in [0.4, 0.5) is 0 Å². The molecule has 0 radical (unpaired) electrons. The summed E-state index contributed by atoms with van der Waals surface area (Å²) in [4.78, 5) is 11.7. The minimum atomic E-state index is -3.81. The van der Waals surface area contributed by atoms with Gasteiger partial charge in [-0.15, -0.1) is 0 Å². The number of carbonyl (C=O) groups is 1. The molecule has 1 fully saturated rings. The zero-order valence-electron chi connectivity index (χ0n) is 12.2. The standard InChI is InChI=1S/C16H16N2O4S/c19-16-15(10-11-18(16)20)17-23(21,22)14-8-6-13(7-9-14)12-4-2-1-3-5-12/h1-9,15,17,20H,10-11H2/t15-/m0/s1. The second-order valence-corrected chi connectivity index (χ2v) is 7.03. The van der Waals surface area contributed by atoms with Gasteiger partial charge in [-0.05, 0) is 29.7 Å². The lowest BCUT2D eigenvalue weighted by atomic mass is 10.1. The van der Waals surface area contributed by atoms with Crippen molar-refractivity contribution in [2.24, 2.45) is 0 Å². The molecule has 1 heterocycles. The Labute approximate surface area is 134 Å². The Bertz CT molecular complexity index is 804. The van der Waals surface area contributed by atoms with Crippen molar-refractivity contribution in [3.05, 3.63) is 54.6 Å². The first-order valence-corrected chi connectivity index (χ1v) is 8.64. The van der Waals surface area contributed by atoms with Crippen LogP contribution in [0.5, 0.6) is 0 Å². The number of sulfonamides is 1. The van der Waals surface area contributed by atoms with Gasteiger partial charge < -0.3 is 0 Å². The molecule has 1 amide bonds. The summed E-state index contributed by atoms with van der Waals surface area (Å²) in [6.45, 7) is 0.124. The third-order valence-electron chi connectivity index (χ3n) is 3.75. The smallest absolute Gasteiger partial charge is 0.264 e. The van der Waals surface area contributed by atoms with Gasteiger partial charge in [0.2, 0.25) is 10.0 Å². The molecule has 6 nitrogen and oxygen atoms in total. The molecular weight excluding hydrogens is 316 g/mol. The maximum Gasteiger partial charge on any atom is 0.264 e. The van der Waals surface area contributed by atoms with Crippen LogP contribution in [-0.2, 0) is 14.8 Å². The molecule has 120 valence electrons. The Balaban J connectivity index is 1.80. The lowest BCUT2D eigenvalue weighted by Crippen LogP contribution is -2.40. The molecule has 1 aliphatic heterocycles. The van der Waals surface area contributed by atoms with Crippen molar-refractivity contribution in [1.29, 1.82) is 0 Å². The first kappa shape index (κ1) is 15.7. The Morgan fingerprint density at radius 3 is 2.17 bits per heavy atom. The van der Waals surface area contributed by atoms with Crippen molar-refractivity contribution in [2.45, 2.75) is 17.4 Å². The van der Waals surface area contributed by atoms with E-state index >= 15 is 0 Å². The lowest BCUT2D eigenvalue weighted by molar-refractivity contribution is -0.158. The maximum absolute atomic E-state index is 12.3. The monoisotopic (exact) mass is 332 g/mol. The number of amides is 1. The Morgan fingerprint density at radius 1 is 1.00 bits per heavy atom. The van der Waals surface area contributed by atoms with E-state index in [1.165, 1.54) is 12.1 Å². The molecule has 1 aliphatic rings. The lowest BCUT2D eigenvalue weighted by Gasteiger charge is -2.12. The third kappa shape index (κ3) is 3.26. The number of rotatable bonds is 4. The minimum Gasteiger partial charge on any atom is -0.286 e. The number of nitrogens with zero attached hydrogens (tertiary/aromatic N) is 1. The molecule has 7 heteroatoms. The number of hydroxylamine groups is 2. The normalized spacial score (nSPS) is 18.4. The van der Waals surface area contributed by atoms with E-state index in [2.05, 4.69) is 4.72 Å². The molecule has 0 unspecified atom stereocenters. The van der Waals surface area contributed by atoms with Crippen molar-refractivity contribution >= 4 is 15.9 Å². The zero-order valence-corrected chi connectivity index (χ0v) is 13.0. The predicted octanol–water partition coefficient (Wildman–Crippen LogP) is 1.62. The van der Waals surface area contributed by atoms with Crippen molar-refractivity contribution in [2.75, 3.05) is 6.54 Å². The van der Waals surface area contributed by atoms with E-state index in [1.807, 2.05) is 30.3 Å². The van der Waals surface area contributed by atoms with Crippen LogP contribution in [0.15, 0.2) is 59.5 Å². The SMILES string of the molecule is O=C1[C@@H](NS(=O)(=O)c2ccc(-c3ccccc3)cc2)CCN1O. The highest BCUT2D eigenvalue weighted by atomic mass is 32.2. The molecule has 2 aromatic rings. The van der Waals surface area contributed by atoms with Gasteiger partial charge in [0.1, 0.15) is 6.04 Å². The van der Waals surface area contributed by atoms with Crippen LogP contribution in [0.3, 0.4) is 0 Å². The first-order valence-electron chi connectivity index (χ1n) is 7.15. The summed E-state index contributed by atoms with van der Waals surface area (Å²) in [6, 6.07) is 15.1. The van der Waals surface area contributed by atoms with E-state index in [-0.39, 0.29) is 17.9 Å². The van der Waals surface area contributed by atoms with Gasteiger partial charge in [0.15, 0.2) is 0 Å². The van der Waals surface area contributed by atoms with Gasteiger partial charge in [-0.2, -0.15) is 4.72 Å². The van der Waals surface area contributed by atoms with Crippen LogP contribution in [0.1, 0.15) is 6.42 Å². The third-order valence-corrected chi connectivity index (χ3v) is 5.24. The van der Waals surface area contributed by atoms with Crippen molar-refractivity contribution in [3.8, 4) is 11.1 Å². The maximum atomic E-state index is 12.3. The Morgan fingerprint density at radius 2 is 1.61 bits per heavy atom. The summed E-state index contributed by atoms with van der Waals surface area (Å²) >= 11 is 0. The number of benzene rings is 2. The fraction of sp³-hybridized carbons (Fsp3) is 0.188. The van der Waals surface area contributed by atoms with Crippen LogP contribution in [0, 0.1) is 0 Å². The van der Waals surface area contributed by atoms with Gasteiger partial charge in [-0.3, -0.25) is 10.0 Å². The van der Waals surface area contributed by atoms with E-state index in [1.54, 1.807) is 12.1 Å². The van der Waals surface area contributed by atoms with Gasteiger partial charge in [0.05, 0.1) is 11.4 Å². The molecule has 23 heavy (non-hydrogen) atoms. The van der Waals surface area contributed by atoms with Crippen LogP contribution < -0.4 is 4.72 Å². The van der Waals surface area contributed by atoms with E-state index in [9.17, 15) is 18.4 Å². The van der Waals surface area contributed by atoms with Crippen LogP contribution in [-0.4, -0.2) is 37.2 Å². The van der Waals surface area contributed by atoms with Crippen LogP contribution >= 0.6 is 0 Å². The van der Waals surface area contributed by atoms with Gasteiger partial charge in [0.25, 0.3) is 5.91 Å².